The largest absolute Gasteiger partial charge is 0.423 e. The Morgan fingerprint density at radius 1 is 0.950 bits per heavy atom. The van der Waals surface area contributed by atoms with Gasteiger partial charge in [-0.3, -0.25) is 4.79 Å². The van der Waals surface area contributed by atoms with Crippen molar-refractivity contribution in [1.29, 1.82) is 0 Å². The first-order chi connectivity index (χ1) is 9.67. The molecule has 0 fully saturated rings. The Hall–Kier alpha value is -2.68. The summed E-state index contributed by atoms with van der Waals surface area (Å²) in [6, 6.07) is 14.2. The monoisotopic (exact) mass is 266 g/mol. The highest BCUT2D eigenvalue weighted by Crippen LogP contribution is 2.12. The van der Waals surface area contributed by atoms with E-state index in [-0.39, 0.29) is 0 Å². The molecule has 0 aliphatic heterocycles. The maximum Gasteiger partial charge on any atom is 0.336 e. The topological polar surface area (TPSA) is 43.4 Å². The molecule has 0 N–H and O–H groups in total. The van der Waals surface area contributed by atoms with Crippen molar-refractivity contribution in [3.05, 3.63) is 71.3 Å². The molecule has 0 aliphatic rings. The van der Waals surface area contributed by atoms with E-state index in [0.29, 0.717) is 11.3 Å². The lowest BCUT2D eigenvalue weighted by Gasteiger charge is -2.01. The van der Waals surface area contributed by atoms with Crippen molar-refractivity contribution in [3.8, 4) is 5.75 Å². The molecule has 3 nitrogen and oxygen atoms in total. The zero-order valence-electron chi connectivity index (χ0n) is 11.1. The van der Waals surface area contributed by atoms with Crippen LogP contribution in [0, 0.1) is 6.92 Å². The zero-order chi connectivity index (χ0) is 14.4. The highest BCUT2D eigenvalue weighted by Gasteiger charge is 2.00. The average molecular weight is 266 g/mol. The van der Waals surface area contributed by atoms with Crippen molar-refractivity contribution in [1.82, 2.24) is 0 Å². The van der Waals surface area contributed by atoms with E-state index in [1.807, 2.05) is 31.2 Å². The molecule has 0 atom stereocenters. The first kappa shape index (κ1) is 13.7. The molecule has 2 aromatic carbocycles. The summed E-state index contributed by atoms with van der Waals surface area (Å²) in [4.78, 5) is 22.1. The number of aryl methyl sites for hydroxylation is 1. The van der Waals surface area contributed by atoms with E-state index in [2.05, 4.69) is 0 Å². The first-order valence-electron chi connectivity index (χ1n) is 6.19. The molecular formula is C17H14O3. The molecule has 0 spiro atoms. The Morgan fingerprint density at radius 2 is 1.55 bits per heavy atom. The number of benzene rings is 2. The van der Waals surface area contributed by atoms with Gasteiger partial charge in [-0.1, -0.05) is 29.8 Å². The molecule has 0 unspecified atom stereocenters. The number of aldehydes is 1. The molecule has 20 heavy (non-hydrogen) atoms. The van der Waals surface area contributed by atoms with Crippen LogP contribution in [0.15, 0.2) is 54.6 Å². The SMILES string of the molecule is Cc1ccc(/C=C/C(=O)Oc2ccc(C=O)cc2)cc1. The van der Waals surface area contributed by atoms with Gasteiger partial charge in [-0.15, -0.1) is 0 Å². The Kier molecular flexibility index (Phi) is 4.45. The maximum atomic E-state index is 11.6. The maximum absolute atomic E-state index is 11.6. The molecule has 2 rings (SSSR count). The van der Waals surface area contributed by atoms with Crippen LogP contribution in [0.1, 0.15) is 21.5 Å². The van der Waals surface area contributed by atoms with Gasteiger partial charge in [0, 0.05) is 11.6 Å². The van der Waals surface area contributed by atoms with Crippen molar-refractivity contribution in [2.45, 2.75) is 6.92 Å². The van der Waals surface area contributed by atoms with Crippen molar-refractivity contribution in [2.75, 3.05) is 0 Å². The van der Waals surface area contributed by atoms with Crippen LogP contribution >= 0.6 is 0 Å². The van der Waals surface area contributed by atoms with Gasteiger partial charge in [0.05, 0.1) is 0 Å². The van der Waals surface area contributed by atoms with Gasteiger partial charge in [-0.25, -0.2) is 4.79 Å². The van der Waals surface area contributed by atoms with Crippen molar-refractivity contribution >= 4 is 18.3 Å². The average Bonchev–Trinajstić information content (AvgIpc) is 2.47. The van der Waals surface area contributed by atoms with E-state index < -0.39 is 5.97 Å². The first-order valence-corrected chi connectivity index (χ1v) is 6.19. The molecular weight excluding hydrogens is 252 g/mol. The minimum atomic E-state index is -0.454. The molecule has 0 aliphatic carbocycles. The number of hydrogen-bond donors (Lipinski definition) is 0. The van der Waals surface area contributed by atoms with Gasteiger partial charge >= 0.3 is 5.97 Å². The van der Waals surface area contributed by atoms with Crippen LogP contribution in [0.4, 0.5) is 0 Å². The van der Waals surface area contributed by atoms with Gasteiger partial charge in [-0.2, -0.15) is 0 Å². The minimum Gasteiger partial charge on any atom is -0.423 e. The van der Waals surface area contributed by atoms with Gasteiger partial charge in [0.15, 0.2) is 0 Å². The van der Waals surface area contributed by atoms with Crippen LogP contribution in [-0.4, -0.2) is 12.3 Å². The number of esters is 1. The van der Waals surface area contributed by atoms with Crippen LogP contribution in [0.2, 0.25) is 0 Å². The highest BCUT2D eigenvalue weighted by molar-refractivity contribution is 5.88. The van der Waals surface area contributed by atoms with Crippen molar-refractivity contribution in [2.24, 2.45) is 0 Å². The van der Waals surface area contributed by atoms with Crippen LogP contribution in [0.3, 0.4) is 0 Å². The lowest BCUT2D eigenvalue weighted by molar-refractivity contribution is -0.128. The van der Waals surface area contributed by atoms with Gasteiger partial charge in [-0.05, 0) is 42.8 Å². The number of hydrogen-bond acceptors (Lipinski definition) is 3. The van der Waals surface area contributed by atoms with E-state index in [1.165, 1.54) is 11.6 Å². The minimum absolute atomic E-state index is 0.411. The highest BCUT2D eigenvalue weighted by atomic mass is 16.5. The third-order valence-electron chi connectivity index (χ3n) is 2.72. The number of rotatable bonds is 4. The Balaban J connectivity index is 1.97. The fourth-order valence-corrected chi connectivity index (χ4v) is 1.61. The van der Waals surface area contributed by atoms with E-state index in [1.54, 1.807) is 30.3 Å². The van der Waals surface area contributed by atoms with E-state index in [4.69, 9.17) is 4.74 Å². The summed E-state index contributed by atoms with van der Waals surface area (Å²) in [7, 11) is 0. The third kappa shape index (κ3) is 3.92. The normalized spacial score (nSPS) is 10.4. The quantitative estimate of drug-likeness (QED) is 0.368. The molecule has 3 heteroatoms. The smallest absolute Gasteiger partial charge is 0.336 e. The lowest BCUT2D eigenvalue weighted by atomic mass is 10.1. The van der Waals surface area contributed by atoms with Gasteiger partial charge in [0.2, 0.25) is 0 Å². The lowest BCUT2D eigenvalue weighted by Crippen LogP contribution is -2.03. The summed E-state index contributed by atoms with van der Waals surface area (Å²) in [5.74, 6) is -0.0430. The summed E-state index contributed by atoms with van der Waals surface area (Å²) in [6.07, 6.45) is 3.81. The molecule has 0 saturated heterocycles. The Morgan fingerprint density at radius 3 is 2.15 bits per heavy atom. The summed E-state index contributed by atoms with van der Waals surface area (Å²) >= 11 is 0. The van der Waals surface area contributed by atoms with Crippen molar-refractivity contribution in [3.63, 3.8) is 0 Å². The molecule has 0 bridgehead atoms. The summed E-state index contributed by atoms with van der Waals surface area (Å²) in [5.41, 5.74) is 2.64. The van der Waals surface area contributed by atoms with E-state index >= 15 is 0 Å². The molecule has 100 valence electrons. The molecule has 0 saturated carbocycles. The number of carbonyl (C=O) groups is 2. The number of carbonyl (C=O) groups excluding carboxylic acids is 2. The Bertz CT molecular complexity index is 622. The predicted octanol–water partition coefficient (Wildman–Crippen LogP) is 3.43. The molecule has 0 amide bonds. The van der Waals surface area contributed by atoms with Gasteiger partial charge in [0.1, 0.15) is 12.0 Å². The standard InChI is InChI=1S/C17H14O3/c1-13-2-4-14(5-3-13)8-11-17(19)20-16-9-6-15(12-18)7-10-16/h2-12H,1H3/b11-8+. The molecule has 2 aromatic rings. The van der Waals surface area contributed by atoms with Crippen LogP contribution < -0.4 is 4.74 Å². The third-order valence-corrected chi connectivity index (χ3v) is 2.72. The second kappa shape index (κ2) is 6.48. The molecule has 0 heterocycles. The molecule has 0 aromatic heterocycles. The number of ether oxygens (including phenoxy) is 1. The second-order valence-electron chi connectivity index (χ2n) is 4.35. The molecule has 0 radical (unpaired) electrons. The summed E-state index contributed by atoms with van der Waals surface area (Å²) in [5, 5.41) is 0. The van der Waals surface area contributed by atoms with Gasteiger partial charge < -0.3 is 4.74 Å². The zero-order valence-corrected chi connectivity index (χ0v) is 11.1. The van der Waals surface area contributed by atoms with Crippen molar-refractivity contribution < 1.29 is 14.3 Å². The summed E-state index contributed by atoms with van der Waals surface area (Å²) < 4.78 is 5.12. The van der Waals surface area contributed by atoms with E-state index in [0.717, 1.165) is 11.8 Å². The van der Waals surface area contributed by atoms with Crippen LogP contribution in [0.5, 0.6) is 5.75 Å². The van der Waals surface area contributed by atoms with E-state index in [9.17, 15) is 9.59 Å². The summed E-state index contributed by atoms with van der Waals surface area (Å²) in [6.45, 7) is 2.00. The van der Waals surface area contributed by atoms with Crippen LogP contribution in [-0.2, 0) is 4.79 Å². The predicted molar refractivity (Wildman–Crippen MR) is 77.7 cm³/mol. The van der Waals surface area contributed by atoms with Crippen LogP contribution in [0.25, 0.3) is 6.08 Å². The Labute approximate surface area is 117 Å². The second-order valence-corrected chi connectivity index (χ2v) is 4.35. The van der Waals surface area contributed by atoms with Gasteiger partial charge in [0.25, 0.3) is 0 Å². The fraction of sp³-hybridized carbons (Fsp3) is 0.0588. The fourth-order valence-electron chi connectivity index (χ4n) is 1.61.